The molecule has 1 aromatic heterocycles. The number of hydrogen-bond donors (Lipinski definition) is 2. The maximum absolute atomic E-state index is 12.2. The van der Waals surface area contributed by atoms with E-state index in [2.05, 4.69) is 15.5 Å². The smallest absolute Gasteiger partial charge is 0.234 e. The van der Waals surface area contributed by atoms with Crippen LogP contribution in [-0.4, -0.2) is 44.0 Å². The number of carbonyl (C=O) groups excluding carboxylic acids is 1. The van der Waals surface area contributed by atoms with Crippen molar-refractivity contribution in [2.45, 2.75) is 25.8 Å². The standard InChI is InChI=1S/C21H28ClN3O2.ClH/c1-23-11-8-16-9-12-25(13-10-16)15-21(26)24-14-19-6-7-20(27-19)17-2-4-18(22)5-3-17;/h2-7,16,23H,8-15H2,1H3,(H,24,26);1H. The number of hydrogen-bond acceptors (Lipinski definition) is 4. The van der Waals surface area contributed by atoms with E-state index in [4.69, 9.17) is 16.0 Å². The lowest BCUT2D eigenvalue weighted by molar-refractivity contribution is -0.122. The Bertz CT molecular complexity index is 726. The summed E-state index contributed by atoms with van der Waals surface area (Å²) in [7, 11) is 2.00. The van der Waals surface area contributed by atoms with Crippen LogP contribution < -0.4 is 10.6 Å². The minimum atomic E-state index is 0. The molecule has 1 fully saturated rings. The van der Waals surface area contributed by atoms with Gasteiger partial charge in [0.15, 0.2) is 0 Å². The quantitative estimate of drug-likeness (QED) is 0.671. The molecule has 2 aromatic rings. The fourth-order valence-electron chi connectivity index (χ4n) is 3.47. The molecule has 0 aliphatic carbocycles. The number of piperidine rings is 1. The van der Waals surface area contributed by atoms with E-state index < -0.39 is 0 Å². The van der Waals surface area contributed by atoms with Gasteiger partial charge in [0.05, 0.1) is 13.1 Å². The molecule has 0 unspecified atom stereocenters. The second kappa shape index (κ2) is 11.5. The highest BCUT2D eigenvalue weighted by Gasteiger charge is 2.20. The van der Waals surface area contributed by atoms with Crippen molar-refractivity contribution >= 4 is 29.9 Å². The van der Waals surface area contributed by atoms with Crippen molar-refractivity contribution in [2.24, 2.45) is 5.92 Å². The van der Waals surface area contributed by atoms with E-state index in [0.29, 0.717) is 18.1 Å². The average Bonchev–Trinajstić information content (AvgIpc) is 3.15. The normalized spacial score (nSPS) is 15.2. The molecule has 0 spiro atoms. The van der Waals surface area contributed by atoms with Crippen LogP contribution in [0.3, 0.4) is 0 Å². The van der Waals surface area contributed by atoms with Crippen LogP contribution in [0.2, 0.25) is 5.02 Å². The second-order valence-corrected chi connectivity index (χ2v) is 7.60. The van der Waals surface area contributed by atoms with Crippen LogP contribution in [0.4, 0.5) is 0 Å². The van der Waals surface area contributed by atoms with Crippen LogP contribution in [0.1, 0.15) is 25.0 Å². The highest BCUT2D eigenvalue weighted by molar-refractivity contribution is 6.30. The van der Waals surface area contributed by atoms with E-state index in [9.17, 15) is 4.79 Å². The topological polar surface area (TPSA) is 57.5 Å². The number of amides is 1. The van der Waals surface area contributed by atoms with Crippen LogP contribution in [0, 0.1) is 5.92 Å². The number of nitrogens with zero attached hydrogens (tertiary/aromatic N) is 1. The summed E-state index contributed by atoms with van der Waals surface area (Å²) in [6.45, 7) is 3.95. The Labute approximate surface area is 178 Å². The summed E-state index contributed by atoms with van der Waals surface area (Å²) in [5, 5.41) is 6.87. The van der Waals surface area contributed by atoms with E-state index in [1.54, 1.807) is 0 Å². The fourth-order valence-corrected chi connectivity index (χ4v) is 3.59. The molecule has 1 aromatic carbocycles. The number of likely N-dealkylation sites (tertiary alicyclic amines) is 1. The minimum Gasteiger partial charge on any atom is -0.459 e. The number of nitrogens with one attached hydrogen (secondary N) is 2. The Balaban J connectivity index is 0.00000280. The van der Waals surface area contributed by atoms with Crippen molar-refractivity contribution in [3.8, 4) is 11.3 Å². The second-order valence-electron chi connectivity index (χ2n) is 7.16. The zero-order chi connectivity index (χ0) is 19.1. The molecule has 1 amide bonds. The van der Waals surface area contributed by atoms with E-state index in [0.717, 1.165) is 42.6 Å². The highest BCUT2D eigenvalue weighted by atomic mass is 35.5. The van der Waals surface area contributed by atoms with Gasteiger partial charge in [0, 0.05) is 10.6 Å². The number of rotatable bonds is 8. The molecule has 1 aliphatic rings. The van der Waals surface area contributed by atoms with Crippen LogP contribution in [0.5, 0.6) is 0 Å². The lowest BCUT2D eigenvalue weighted by atomic mass is 9.93. The van der Waals surface area contributed by atoms with Crippen molar-refractivity contribution in [1.82, 2.24) is 15.5 Å². The van der Waals surface area contributed by atoms with E-state index in [1.165, 1.54) is 19.3 Å². The Morgan fingerprint density at radius 3 is 2.57 bits per heavy atom. The Morgan fingerprint density at radius 2 is 1.89 bits per heavy atom. The first kappa shape index (κ1) is 22.8. The van der Waals surface area contributed by atoms with Gasteiger partial charge in [-0.3, -0.25) is 9.69 Å². The van der Waals surface area contributed by atoms with E-state index >= 15 is 0 Å². The fraction of sp³-hybridized carbons (Fsp3) is 0.476. The summed E-state index contributed by atoms with van der Waals surface area (Å²) in [5.41, 5.74) is 0.970. The first-order valence-electron chi connectivity index (χ1n) is 9.62. The largest absolute Gasteiger partial charge is 0.459 e. The SMILES string of the molecule is CNCCC1CCN(CC(=O)NCc2ccc(-c3ccc(Cl)cc3)o2)CC1.Cl. The van der Waals surface area contributed by atoms with Crippen LogP contribution >= 0.6 is 24.0 Å². The highest BCUT2D eigenvalue weighted by Crippen LogP contribution is 2.24. The molecule has 2 heterocycles. The number of furan rings is 1. The number of carbonyl (C=O) groups is 1. The monoisotopic (exact) mass is 425 g/mol. The third-order valence-electron chi connectivity index (χ3n) is 5.13. The zero-order valence-corrected chi connectivity index (χ0v) is 17.8. The van der Waals surface area contributed by atoms with Gasteiger partial charge in [-0.15, -0.1) is 12.4 Å². The molecule has 7 heteroatoms. The molecule has 0 saturated carbocycles. The predicted octanol–water partition coefficient (Wildman–Crippen LogP) is 3.96. The lowest BCUT2D eigenvalue weighted by Gasteiger charge is -2.31. The van der Waals surface area contributed by atoms with Gasteiger partial charge >= 0.3 is 0 Å². The van der Waals surface area contributed by atoms with Gasteiger partial charge in [0.1, 0.15) is 11.5 Å². The van der Waals surface area contributed by atoms with Crippen molar-refractivity contribution < 1.29 is 9.21 Å². The van der Waals surface area contributed by atoms with Crippen LogP contribution in [-0.2, 0) is 11.3 Å². The van der Waals surface area contributed by atoms with Gasteiger partial charge in [-0.2, -0.15) is 0 Å². The summed E-state index contributed by atoms with van der Waals surface area (Å²) in [4.78, 5) is 14.5. The molecule has 28 heavy (non-hydrogen) atoms. The molecule has 0 radical (unpaired) electrons. The molecule has 0 atom stereocenters. The van der Waals surface area contributed by atoms with Crippen molar-refractivity contribution in [3.05, 3.63) is 47.2 Å². The van der Waals surface area contributed by atoms with Crippen molar-refractivity contribution in [2.75, 3.05) is 33.2 Å². The third-order valence-corrected chi connectivity index (χ3v) is 5.38. The van der Waals surface area contributed by atoms with E-state index in [1.807, 2.05) is 43.4 Å². The Morgan fingerprint density at radius 1 is 1.18 bits per heavy atom. The van der Waals surface area contributed by atoms with Crippen LogP contribution in [0.15, 0.2) is 40.8 Å². The van der Waals surface area contributed by atoms with Gasteiger partial charge in [0.2, 0.25) is 5.91 Å². The molecule has 2 N–H and O–H groups in total. The summed E-state index contributed by atoms with van der Waals surface area (Å²) in [5.74, 6) is 2.36. The van der Waals surface area contributed by atoms with Gasteiger partial charge in [-0.05, 0) is 88.3 Å². The molecular formula is C21H29Cl2N3O2. The minimum absolute atomic E-state index is 0. The molecule has 3 rings (SSSR count). The molecule has 1 aliphatic heterocycles. The summed E-state index contributed by atoms with van der Waals surface area (Å²) in [6, 6.07) is 11.3. The lowest BCUT2D eigenvalue weighted by Crippen LogP contribution is -2.41. The van der Waals surface area contributed by atoms with Gasteiger partial charge < -0.3 is 15.1 Å². The predicted molar refractivity (Wildman–Crippen MR) is 116 cm³/mol. The van der Waals surface area contributed by atoms with Gasteiger partial charge in [0.25, 0.3) is 0 Å². The molecule has 154 valence electrons. The first-order chi connectivity index (χ1) is 13.1. The molecule has 0 bridgehead atoms. The molecule has 5 nitrogen and oxygen atoms in total. The van der Waals surface area contributed by atoms with Crippen molar-refractivity contribution in [3.63, 3.8) is 0 Å². The maximum atomic E-state index is 12.2. The molecule has 1 saturated heterocycles. The maximum Gasteiger partial charge on any atom is 0.234 e. The van der Waals surface area contributed by atoms with Crippen molar-refractivity contribution in [1.29, 1.82) is 0 Å². The van der Waals surface area contributed by atoms with E-state index in [-0.39, 0.29) is 18.3 Å². The summed E-state index contributed by atoms with van der Waals surface area (Å²) >= 11 is 5.91. The molecular weight excluding hydrogens is 397 g/mol. The van der Waals surface area contributed by atoms with Crippen LogP contribution in [0.25, 0.3) is 11.3 Å². The number of benzene rings is 1. The van der Waals surface area contributed by atoms with Gasteiger partial charge in [-0.25, -0.2) is 0 Å². The number of halogens is 2. The summed E-state index contributed by atoms with van der Waals surface area (Å²) < 4.78 is 5.82. The Kier molecular flexibility index (Phi) is 9.32. The first-order valence-corrected chi connectivity index (χ1v) is 10.00. The third kappa shape index (κ3) is 6.82. The Hall–Kier alpha value is -1.53. The average molecular weight is 426 g/mol. The van der Waals surface area contributed by atoms with Gasteiger partial charge in [-0.1, -0.05) is 11.6 Å². The zero-order valence-electron chi connectivity index (χ0n) is 16.2. The summed E-state index contributed by atoms with van der Waals surface area (Å²) in [6.07, 6.45) is 3.58.